The fourth-order valence-corrected chi connectivity index (χ4v) is 6.15. The highest BCUT2D eigenvalue weighted by Crippen LogP contribution is 2.36. The molecular formula is C22H28N2O4S. The van der Waals surface area contributed by atoms with Gasteiger partial charge in [-0.25, -0.2) is 12.7 Å². The van der Waals surface area contributed by atoms with E-state index in [1.165, 1.54) is 0 Å². The molecule has 0 radical (unpaired) electrons. The molecule has 2 atom stereocenters. The zero-order valence-corrected chi connectivity index (χ0v) is 17.6. The Morgan fingerprint density at radius 1 is 1.03 bits per heavy atom. The molecule has 0 amide bonds. The molecule has 2 aliphatic rings. The number of benzene rings is 2. The lowest BCUT2D eigenvalue weighted by Gasteiger charge is -2.31. The van der Waals surface area contributed by atoms with Crippen LogP contribution in [0.25, 0.3) is 0 Å². The third-order valence-electron chi connectivity index (χ3n) is 5.69. The third kappa shape index (κ3) is 4.48. The van der Waals surface area contributed by atoms with Gasteiger partial charge in [0, 0.05) is 20.1 Å². The Labute approximate surface area is 173 Å². The Morgan fingerprint density at radius 3 is 2.55 bits per heavy atom. The Balaban J connectivity index is 1.54. The zero-order chi connectivity index (χ0) is 20.3. The van der Waals surface area contributed by atoms with Crippen LogP contribution in [0.3, 0.4) is 0 Å². The predicted molar refractivity (Wildman–Crippen MR) is 112 cm³/mol. The zero-order valence-electron chi connectivity index (χ0n) is 16.7. The smallest absolute Gasteiger partial charge is 0.221 e. The summed E-state index contributed by atoms with van der Waals surface area (Å²) in [5.41, 5.74) is 1.98. The van der Waals surface area contributed by atoms with Crippen LogP contribution in [0.4, 0.5) is 0 Å². The molecular weight excluding hydrogens is 388 g/mol. The molecule has 156 valence electrons. The van der Waals surface area contributed by atoms with Crippen LogP contribution in [0.2, 0.25) is 0 Å². The number of rotatable bonds is 6. The minimum absolute atomic E-state index is 0.176. The summed E-state index contributed by atoms with van der Waals surface area (Å²) in [6, 6.07) is 17.3. The minimum atomic E-state index is -3.43. The molecule has 0 saturated carbocycles. The maximum atomic E-state index is 13.3. The summed E-state index contributed by atoms with van der Waals surface area (Å²) in [6.45, 7) is 1.86. The van der Waals surface area contributed by atoms with Gasteiger partial charge in [-0.3, -0.25) is 4.84 Å². The van der Waals surface area contributed by atoms with E-state index in [1.54, 1.807) is 16.4 Å². The first-order chi connectivity index (χ1) is 14.1. The lowest BCUT2D eigenvalue weighted by Crippen LogP contribution is -2.44. The normalized spacial score (nSPS) is 23.9. The highest BCUT2D eigenvalue weighted by molar-refractivity contribution is 7.89. The van der Waals surface area contributed by atoms with Crippen LogP contribution in [0.1, 0.15) is 36.4 Å². The largest absolute Gasteiger partial charge is 0.489 e. The molecule has 6 nitrogen and oxygen atoms in total. The quantitative estimate of drug-likeness (QED) is 0.723. The second kappa shape index (κ2) is 8.83. The molecule has 0 unspecified atom stereocenters. The molecule has 2 fully saturated rings. The number of hydrogen-bond acceptors (Lipinski definition) is 5. The summed E-state index contributed by atoms with van der Waals surface area (Å²) in [5.74, 6) is 0.723. The van der Waals surface area contributed by atoms with Crippen molar-refractivity contribution in [1.29, 1.82) is 0 Å². The van der Waals surface area contributed by atoms with Gasteiger partial charge < -0.3 is 4.74 Å². The molecule has 2 saturated heterocycles. The van der Waals surface area contributed by atoms with E-state index in [4.69, 9.17) is 9.57 Å². The van der Waals surface area contributed by atoms with Gasteiger partial charge in [-0.1, -0.05) is 48.9 Å². The summed E-state index contributed by atoms with van der Waals surface area (Å²) >= 11 is 0. The molecule has 0 bridgehead atoms. The number of hydrogen-bond donors (Lipinski definition) is 0. The lowest BCUT2D eigenvalue weighted by molar-refractivity contribution is -0.110. The minimum Gasteiger partial charge on any atom is -0.489 e. The molecule has 2 aromatic rings. The molecule has 4 rings (SSSR count). The molecule has 2 aromatic carbocycles. The number of piperidine rings is 1. The van der Waals surface area contributed by atoms with Crippen molar-refractivity contribution in [3.05, 3.63) is 65.7 Å². The van der Waals surface area contributed by atoms with Gasteiger partial charge in [0.05, 0.1) is 12.6 Å². The molecule has 2 aliphatic heterocycles. The van der Waals surface area contributed by atoms with Crippen LogP contribution in [-0.4, -0.2) is 49.8 Å². The summed E-state index contributed by atoms with van der Waals surface area (Å²) in [6.07, 6.45) is 2.95. The Morgan fingerprint density at radius 2 is 1.79 bits per heavy atom. The van der Waals surface area contributed by atoms with E-state index >= 15 is 0 Å². The van der Waals surface area contributed by atoms with E-state index in [2.05, 4.69) is 0 Å². The van der Waals surface area contributed by atoms with Crippen molar-refractivity contribution >= 4 is 10.0 Å². The van der Waals surface area contributed by atoms with Crippen LogP contribution in [0, 0.1) is 0 Å². The van der Waals surface area contributed by atoms with E-state index < -0.39 is 15.3 Å². The lowest BCUT2D eigenvalue weighted by atomic mass is 10.0. The number of sulfonamides is 1. The standard InChI is InChI=1S/C22H28N2O4S/c1-23-22(21(17-28-23)29(25,26)24-13-6-3-7-14-24)19-11-8-12-20(15-19)27-16-18-9-4-2-5-10-18/h2,4-5,8-12,15,21-22H,3,6-7,13-14,16-17H2,1H3/t21-,22-/m1/s1. The first-order valence-electron chi connectivity index (χ1n) is 10.2. The van der Waals surface area contributed by atoms with Gasteiger partial charge in [-0.05, 0) is 36.1 Å². The van der Waals surface area contributed by atoms with E-state index in [-0.39, 0.29) is 12.6 Å². The van der Waals surface area contributed by atoms with Crippen molar-refractivity contribution in [2.75, 3.05) is 26.7 Å². The van der Waals surface area contributed by atoms with Crippen molar-refractivity contribution in [2.24, 2.45) is 0 Å². The van der Waals surface area contributed by atoms with Crippen LogP contribution in [-0.2, 0) is 21.5 Å². The van der Waals surface area contributed by atoms with Gasteiger partial charge in [0.2, 0.25) is 10.0 Å². The van der Waals surface area contributed by atoms with Crippen molar-refractivity contribution in [3.63, 3.8) is 0 Å². The summed E-state index contributed by atoms with van der Waals surface area (Å²) < 4.78 is 34.2. The first-order valence-corrected chi connectivity index (χ1v) is 11.7. The predicted octanol–water partition coefficient (Wildman–Crippen LogP) is 3.37. The maximum Gasteiger partial charge on any atom is 0.221 e. The molecule has 0 aromatic heterocycles. The first kappa shape index (κ1) is 20.3. The van der Waals surface area contributed by atoms with Crippen LogP contribution >= 0.6 is 0 Å². The van der Waals surface area contributed by atoms with Gasteiger partial charge in [-0.2, -0.15) is 5.06 Å². The van der Waals surface area contributed by atoms with E-state index in [9.17, 15) is 8.42 Å². The highest BCUT2D eigenvalue weighted by atomic mass is 32.2. The topological polar surface area (TPSA) is 59.1 Å². The Bertz CT molecular complexity index is 913. The summed E-state index contributed by atoms with van der Waals surface area (Å²) in [5, 5.41) is 1.05. The fraction of sp³-hybridized carbons (Fsp3) is 0.455. The second-order valence-electron chi connectivity index (χ2n) is 7.68. The van der Waals surface area contributed by atoms with Crippen molar-refractivity contribution in [3.8, 4) is 5.75 Å². The van der Waals surface area contributed by atoms with Gasteiger partial charge in [0.15, 0.2) is 0 Å². The summed E-state index contributed by atoms with van der Waals surface area (Å²) in [4.78, 5) is 5.67. The summed E-state index contributed by atoms with van der Waals surface area (Å²) in [7, 11) is -1.63. The van der Waals surface area contributed by atoms with Gasteiger partial charge >= 0.3 is 0 Å². The van der Waals surface area contributed by atoms with E-state index in [1.807, 2.05) is 54.6 Å². The average molecular weight is 417 g/mol. The fourth-order valence-electron chi connectivity index (χ4n) is 4.11. The van der Waals surface area contributed by atoms with E-state index in [0.29, 0.717) is 19.7 Å². The SMILES string of the molecule is CN1OC[C@@H](S(=O)(=O)N2CCCCC2)[C@H]1c1cccc(OCc2ccccc2)c1. The molecule has 0 aliphatic carbocycles. The highest BCUT2D eigenvalue weighted by Gasteiger charge is 2.45. The van der Waals surface area contributed by atoms with Crippen molar-refractivity contribution in [2.45, 2.75) is 37.2 Å². The average Bonchev–Trinajstić information content (AvgIpc) is 3.16. The van der Waals surface area contributed by atoms with E-state index in [0.717, 1.165) is 36.1 Å². The van der Waals surface area contributed by atoms with Crippen LogP contribution < -0.4 is 4.74 Å². The monoisotopic (exact) mass is 416 g/mol. The van der Waals surface area contributed by atoms with Crippen LogP contribution in [0.5, 0.6) is 5.75 Å². The molecule has 0 N–H and O–H groups in total. The van der Waals surface area contributed by atoms with Gasteiger partial charge in [-0.15, -0.1) is 0 Å². The molecule has 29 heavy (non-hydrogen) atoms. The molecule has 0 spiro atoms. The second-order valence-corrected chi connectivity index (χ2v) is 9.83. The van der Waals surface area contributed by atoms with Crippen molar-refractivity contribution < 1.29 is 18.0 Å². The maximum absolute atomic E-state index is 13.3. The van der Waals surface area contributed by atoms with Gasteiger partial charge in [0.25, 0.3) is 0 Å². The molecule has 2 heterocycles. The number of ether oxygens (including phenoxy) is 1. The van der Waals surface area contributed by atoms with Crippen molar-refractivity contribution in [1.82, 2.24) is 9.37 Å². The van der Waals surface area contributed by atoms with Crippen LogP contribution in [0.15, 0.2) is 54.6 Å². The molecule has 7 heteroatoms. The Hall–Kier alpha value is -1.93. The number of nitrogens with zero attached hydrogens (tertiary/aromatic N) is 2. The Kier molecular flexibility index (Phi) is 6.20. The van der Waals surface area contributed by atoms with Gasteiger partial charge in [0.1, 0.15) is 17.6 Å². The number of hydroxylamine groups is 2. The third-order valence-corrected chi connectivity index (χ3v) is 7.94.